The number of aryl methyl sites for hydroxylation is 1. The van der Waals surface area contributed by atoms with Gasteiger partial charge < -0.3 is 14.8 Å². The Labute approximate surface area is 136 Å². The van der Waals surface area contributed by atoms with Crippen molar-refractivity contribution in [2.24, 2.45) is 0 Å². The van der Waals surface area contributed by atoms with Crippen molar-refractivity contribution in [1.82, 2.24) is 0 Å². The van der Waals surface area contributed by atoms with E-state index in [4.69, 9.17) is 9.47 Å². The largest absolute Gasteiger partial charge is 0.457 e. The Morgan fingerprint density at radius 3 is 1.70 bits per heavy atom. The minimum Gasteiger partial charge on any atom is -0.457 e. The number of anilines is 1. The highest BCUT2D eigenvalue weighted by Crippen LogP contribution is 2.28. The SMILES string of the molecule is CNc1ccc(Oc2cccc(Oc3ccc(C)cc3)c2)cc1. The topological polar surface area (TPSA) is 30.5 Å². The van der Waals surface area contributed by atoms with Crippen LogP contribution >= 0.6 is 0 Å². The van der Waals surface area contributed by atoms with E-state index in [1.54, 1.807) is 0 Å². The van der Waals surface area contributed by atoms with Gasteiger partial charge in [-0.15, -0.1) is 0 Å². The normalized spacial score (nSPS) is 10.2. The highest BCUT2D eigenvalue weighted by Gasteiger charge is 2.02. The summed E-state index contributed by atoms with van der Waals surface area (Å²) >= 11 is 0. The summed E-state index contributed by atoms with van der Waals surface area (Å²) in [6.07, 6.45) is 0. The molecule has 0 spiro atoms. The summed E-state index contributed by atoms with van der Waals surface area (Å²) < 4.78 is 11.7. The van der Waals surface area contributed by atoms with Crippen molar-refractivity contribution < 1.29 is 9.47 Å². The Hall–Kier alpha value is -2.94. The Kier molecular flexibility index (Phi) is 4.48. The molecule has 0 unspecified atom stereocenters. The Balaban J connectivity index is 1.72. The van der Waals surface area contributed by atoms with Gasteiger partial charge in [0.15, 0.2) is 0 Å². The van der Waals surface area contributed by atoms with Gasteiger partial charge in [-0.25, -0.2) is 0 Å². The van der Waals surface area contributed by atoms with Crippen LogP contribution in [0.4, 0.5) is 5.69 Å². The molecule has 3 nitrogen and oxygen atoms in total. The fourth-order valence-corrected chi connectivity index (χ4v) is 2.17. The first-order valence-electron chi connectivity index (χ1n) is 7.53. The van der Waals surface area contributed by atoms with E-state index >= 15 is 0 Å². The number of benzene rings is 3. The first-order chi connectivity index (χ1) is 11.2. The van der Waals surface area contributed by atoms with Gasteiger partial charge >= 0.3 is 0 Å². The number of rotatable bonds is 5. The third-order valence-corrected chi connectivity index (χ3v) is 3.44. The van der Waals surface area contributed by atoms with E-state index in [2.05, 4.69) is 12.2 Å². The van der Waals surface area contributed by atoms with Crippen molar-refractivity contribution in [3.63, 3.8) is 0 Å². The van der Waals surface area contributed by atoms with Crippen LogP contribution in [0.5, 0.6) is 23.0 Å². The highest BCUT2D eigenvalue weighted by atomic mass is 16.5. The third-order valence-electron chi connectivity index (χ3n) is 3.44. The predicted molar refractivity (Wildman–Crippen MR) is 93.8 cm³/mol. The summed E-state index contributed by atoms with van der Waals surface area (Å²) in [5, 5.41) is 3.08. The second-order valence-electron chi connectivity index (χ2n) is 5.27. The molecule has 23 heavy (non-hydrogen) atoms. The lowest BCUT2D eigenvalue weighted by atomic mass is 10.2. The summed E-state index contributed by atoms with van der Waals surface area (Å²) in [7, 11) is 1.89. The van der Waals surface area contributed by atoms with Crippen LogP contribution in [0.1, 0.15) is 5.56 Å². The Bertz CT molecular complexity index is 764. The van der Waals surface area contributed by atoms with Gasteiger partial charge in [-0.3, -0.25) is 0 Å². The lowest BCUT2D eigenvalue weighted by molar-refractivity contribution is 0.460. The Morgan fingerprint density at radius 2 is 1.17 bits per heavy atom. The zero-order chi connectivity index (χ0) is 16.1. The molecule has 0 bridgehead atoms. The minimum absolute atomic E-state index is 0.742. The zero-order valence-corrected chi connectivity index (χ0v) is 13.2. The standard InChI is InChI=1S/C20H19NO2/c1-15-6-10-17(11-7-15)22-19-4-3-5-20(14-19)23-18-12-8-16(21-2)9-13-18/h3-14,21H,1-2H3. The fourth-order valence-electron chi connectivity index (χ4n) is 2.17. The number of nitrogens with one attached hydrogen (secondary N) is 1. The van der Waals surface area contributed by atoms with E-state index in [0.29, 0.717) is 0 Å². The van der Waals surface area contributed by atoms with Crippen molar-refractivity contribution >= 4 is 5.69 Å². The summed E-state index contributed by atoms with van der Waals surface area (Å²) in [6.45, 7) is 2.05. The highest BCUT2D eigenvalue weighted by molar-refractivity contribution is 5.47. The lowest BCUT2D eigenvalue weighted by Crippen LogP contribution is -1.89. The van der Waals surface area contributed by atoms with Crippen LogP contribution in [-0.4, -0.2) is 7.05 Å². The molecule has 3 rings (SSSR count). The van der Waals surface area contributed by atoms with Crippen molar-refractivity contribution in [2.45, 2.75) is 6.92 Å². The second kappa shape index (κ2) is 6.88. The van der Waals surface area contributed by atoms with Crippen LogP contribution < -0.4 is 14.8 Å². The molecule has 0 aromatic heterocycles. The molecular weight excluding hydrogens is 286 g/mol. The molecule has 0 radical (unpaired) electrons. The minimum atomic E-state index is 0.742. The smallest absolute Gasteiger partial charge is 0.131 e. The maximum Gasteiger partial charge on any atom is 0.131 e. The van der Waals surface area contributed by atoms with Crippen LogP contribution in [0.25, 0.3) is 0 Å². The van der Waals surface area contributed by atoms with Crippen LogP contribution in [0, 0.1) is 6.92 Å². The molecule has 1 N–H and O–H groups in total. The molecule has 0 atom stereocenters. The quantitative estimate of drug-likeness (QED) is 0.663. The van der Waals surface area contributed by atoms with E-state index in [0.717, 1.165) is 28.7 Å². The van der Waals surface area contributed by atoms with Gasteiger partial charge in [0.1, 0.15) is 23.0 Å². The first kappa shape index (κ1) is 15.0. The van der Waals surface area contributed by atoms with Crippen molar-refractivity contribution in [1.29, 1.82) is 0 Å². The van der Waals surface area contributed by atoms with E-state index in [9.17, 15) is 0 Å². The molecule has 0 amide bonds. The molecule has 116 valence electrons. The molecular formula is C20H19NO2. The Morgan fingerprint density at radius 1 is 0.652 bits per heavy atom. The third kappa shape index (κ3) is 4.04. The van der Waals surface area contributed by atoms with Gasteiger partial charge in [0.2, 0.25) is 0 Å². The predicted octanol–water partition coefficient (Wildman–Crippen LogP) is 5.62. The molecule has 0 aliphatic rings. The molecule has 3 aromatic rings. The number of ether oxygens (including phenoxy) is 2. The first-order valence-corrected chi connectivity index (χ1v) is 7.53. The number of hydrogen-bond acceptors (Lipinski definition) is 3. The van der Waals surface area contributed by atoms with Gasteiger partial charge in [-0.2, -0.15) is 0 Å². The summed E-state index contributed by atoms with van der Waals surface area (Å²) in [4.78, 5) is 0. The van der Waals surface area contributed by atoms with Gasteiger partial charge in [-0.05, 0) is 55.5 Å². The van der Waals surface area contributed by atoms with Crippen LogP contribution in [0.2, 0.25) is 0 Å². The fraction of sp³-hybridized carbons (Fsp3) is 0.100. The molecule has 0 saturated carbocycles. The van der Waals surface area contributed by atoms with Crippen LogP contribution in [0.15, 0.2) is 72.8 Å². The van der Waals surface area contributed by atoms with Crippen molar-refractivity contribution in [3.8, 4) is 23.0 Å². The molecule has 0 aliphatic heterocycles. The average Bonchev–Trinajstić information content (AvgIpc) is 2.58. The van der Waals surface area contributed by atoms with E-state index in [1.165, 1.54) is 5.56 Å². The van der Waals surface area contributed by atoms with Gasteiger partial charge in [0.25, 0.3) is 0 Å². The zero-order valence-electron chi connectivity index (χ0n) is 13.2. The van der Waals surface area contributed by atoms with E-state index in [1.807, 2.05) is 79.8 Å². The van der Waals surface area contributed by atoms with Crippen molar-refractivity contribution in [3.05, 3.63) is 78.4 Å². The van der Waals surface area contributed by atoms with Crippen molar-refractivity contribution in [2.75, 3.05) is 12.4 Å². The van der Waals surface area contributed by atoms with Gasteiger partial charge in [-0.1, -0.05) is 23.8 Å². The molecule has 0 aliphatic carbocycles. The lowest BCUT2D eigenvalue weighted by Gasteiger charge is -2.10. The van der Waals surface area contributed by atoms with Gasteiger partial charge in [0.05, 0.1) is 0 Å². The number of hydrogen-bond donors (Lipinski definition) is 1. The second-order valence-corrected chi connectivity index (χ2v) is 5.27. The molecule has 0 saturated heterocycles. The molecule has 0 heterocycles. The van der Waals surface area contributed by atoms with E-state index < -0.39 is 0 Å². The maximum atomic E-state index is 5.87. The summed E-state index contributed by atoms with van der Waals surface area (Å²) in [6, 6.07) is 23.4. The summed E-state index contributed by atoms with van der Waals surface area (Å²) in [5.41, 5.74) is 2.26. The van der Waals surface area contributed by atoms with Crippen LogP contribution in [0.3, 0.4) is 0 Å². The van der Waals surface area contributed by atoms with E-state index in [-0.39, 0.29) is 0 Å². The van der Waals surface area contributed by atoms with Crippen LogP contribution in [-0.2, 0) is 0 Å². The molecule has 3 heteroatoms. The monoisotopic (exact) mass is 305 g/mol. The maximum absolute atomic E-state index is 5.87. The van der Waals surface area contributed by atoms with Gasteiger partial charge in [0, 0.05) is 18.8 Å². The summed E-state index contributed by atoms with van der Waals surface area (Å²) in [5.74, 6) is 3.09. The molecule has 3 aromatic carbocycles. The molecule has 0 fully saturated rings. The average molecular weight is 305 g/mol.